The van der Waals surface area contributed by atoms with Crippen LogP contribution in [0.1, 0.15) is 0 Å². The Bertz CT molecular complexity index is 727. The molecular weight excluding hydrogens is 262 g/mol. The van der Waals surface area contributed by atoms with E-state index in [0.29, 0.717) is 11.3 Å². The van der Waals surface area contributed by atoms with Crippen LogP contribution in [0.25, 0.3) is 11.2 Å². The number of hydrogen-bond acceptors (Lipinski definition) is 6. The van der Waals surface area contributed by atoms with Gasteiger partial charge in [0.2, 0.25) is 0 Å². The average molecular weight is 273 g/mol. The lowest BCUT2D eigenvalue weighted by atomic mass is 10.3. The highest BCUT2D eigenvalue weighted by Crippen LogP contribution is 2.35. The van der Waals surface area contributed by atoms with E-state index in [2.05, 4.69) is 19.9 Å². The molecule has 0 aliphatic heterocycles. The molecule has 19 heavy (non-hydrogen) atoms. The minimum Gasteiger partial charge on any atom is -0.497 e. The molecule has 1 aromatic carbocycles. The fraction of sp³-hybridized carbons (Fsp3) is 0.0833. The average Bonchev–Trinajstić information content (AvgIpc) is 2.90. The number of benzene rings is 1. The molecule has 0 atom stereocenters. The van der Waals surface area contributed by atoms with E-state index in [1.807, 2.05) is 18.2 Å². The number of rotatable bonds is 3. The number of methoxy groups -OCH3 is 1. The summed E-state index contributed by atoms with van der Waals surface area (Å²) in [4.78, 5) is 16.3. The highest BCUT2D eigenvalue weighted by atomic mass is 32.2. The third-order valence-corrected chi connectivity index (χ3v) is 3.69. The van der Waals surface area contributed by atoms with E-state index in [9.17, 15) is 0 Å². The van der Waals surface area contributed by atoms with Crippen molar-refractivity contribution in [1.82, 2.24) is 19.9 Å². The van der Waals surface area contributed by atoms with Crippen molar-refractivity contribution in [3.05, 3.63) is 30.9 Å². The van der Waals surface area contributed by atoms with Gasteiger partial charge in [-0.25, -0.2) is 15.0 Å². The summed E-state index contributed by atoms with van der Waals surface area (Å²) < 4.78 is 5.20. The molecule has 0 aliphatic carbocycles. The zero-order valence-corrected chi connectivity index (χ0v) is 10.9. The Kier molecular flexibility index (Phi) is 2.96. The van der Waals surface area contributed by atoms with E-state index in [1.165, 1.54) is 18.1 Å². The standard InChI is InChI=1S/C12H11N5OS/c1-18-7-2-3-8(13)9(4-7)19-12-10-11(15-5-14-10)16-6-17-12/h2-6H,13H2,1H3,(H,14,15,16,17). The van der Waals surface area contributed by atoms with E-state index >= 15 is 0 Å². The lowest BCUT2D eigenvalue weighted by molar-refractivity contribution is 0.414. The van der Waals surface area contributed by atoms with E-state index in [4.69, 9.17) is 10.5 Å². The Morgan fingerprint density at radius 2 is 2.16 bits per heavy atom. The lowest BCUT2D eigenvalue weighted by Gasteiger charge is -2.07. The second-order valence-electron chi connectivity index (χ2n) is 3.79. The molecule has 3 rings (SSSR count). The predicted molar refractivity (Wildman–Crippen MR) is 73.2 cm³/mol. The predicted octanol–water partition coefficient (Wildman–Crippen LogP) is 2.09. The van der Waals surface area contributed by atoms with Crippen LogP contribution in [0.4, 0.5) is 5.69 Å². The summed E-state index contributed by atoms with van der Waals surface area (Å²) in [6.45, 7) is 0. The molecule has 3 N–H and O–H groups in total. The summed E-state index contributed by atoms with van der Waals surface area (Å²) in [5.74, 6) is 0.756. The number of hydrogen-bond donors (Lipinski definition) is 2. The first-order valence-corrected chi connectivity index (χ1v) is 6.35. The number of imidazole rings is 1. The van der Waals surface area contributed by atoms with Gasteiger partial charge in [0.05, 0.1) is 13.4 Å². The number of ether oxygens (including phenoxy) is 1. The second kappa shape index (κ2) is 4.77. The fourth-order valence-electron chi connectivity index (χ4n) is 1.65. The number of anilines is 1. The summed E-state index contributed by atoms with van der Waals surface area (Å²) in [6.07, 6.45) is 3.08. The summed E-state index contributed by atoms with van der Waals surface area (Å²) in [5, 5.41) is 0.780. The molecule has 2 heterocycles. The van der Waals surface area contributed by atoms with Crippen LogP contribution < -0.4 is 10.5 Å². The maximum Gasteiger partial charge on any atom is 0.181 e. The number of nitrogens with zero attached hydrogens (tertiary/aromatic N) is 3. The number of nitrogens with one attached hydrogen (secondary N) is 1. The van der Waals surface area contributed by atoms with Crippen molar-refractivity contribution in [2.24, 2.45) is 0 Å². The summed E-state index contributed by atoms with van der Waals surface area (Å²) in [5.41, 5.74) is 8.08. The molecule has 2 aromatic heterocycles. The first kappa shape index (κ1) is 11.8. The lowest BCUT2D eigenvalue weighted by Crippen LogP contribution is -1.92. The van der Waals surface area contributed by atoms with Crippen molar-refractivity contribution in [3.8, 4) is 5.75 Å². The molecular formula is C12H11N5OS. The van der Waals surface area contributed by atoms with Gasteiger partial charge in [-0.3, -0.25) is 0 Å². The zero-order chi connectivity index (χ0) is 13.2. The molecule has 96 valence electrons. The Morgan fingerprint density at radius 3 is 3.00 bits per heavy atom. The molecule has 0 fully saturated rings. The van der Waals surface area contributed by atoms with Gasteiger partial charge in [0.25, 0.3) is 0 Å². The normalized spacial score (nSPS) is 10.8. The molecule has 0 unspecified atom stereocenters. The minimum absolute atomic E-state index is 0.638. The Labute approximate surface area is 113 Å². The maximum atomic E-state index is 5.97. The molecule has 0 spiro atoms. The Hall–Kier alpha value is -2.28. The van der Waals surface area contributed by atoms with Crippen molar-refractivity contribution in [2.75, 3.05) is 12.8 Å². The van der Waals surface area contributed by atoms with Crippen LogP contribution in [-0.2, 0) is 0 Å². The van der Waals surface area contributed by atoms with Crippen LogP contribution in [0, 0.1) is 0 Å². The number of aromatic amines is 1. The van der Waals surface area contributed by atoms with Crippen LogP contribution in [0.5, 0.6) is 5.75 Å². The summed E-state index contributed by atoms with van der Waals surface area (Å²) in [6, 6.07) is 5.52. The zero-order valence-electron chi connectivity index (χ0n) is 10.1. The van der Waals surface area contributed by atoms with Crippen molar-refractivity contribution < 1.29 is 4.74 Å². The summed E-state index contributed by atoms with van der Waals surface area (Å²) >= 11 is 1.45. The number of nitrogen functional groups attached to an aromatic ring is 1. The first-order valence-electron chi connectivity index (χ1n) is 5.53. The van der Waals surface area contributed by atoms with Gasteiger partial charge in [-0.1, -0.05) is 11.8 Å². The topological polar surface area (TPSA) is 89.7 Å². The number of nitrogens with two attached hydrogens (primary N) is 1. The SMILES string of the molecule is COc1ccc(N)c(Sc2ncnc3nc[nH]c23)c1. The molecule has 0 aliphatic rings. The fourth-order valence-corrected chi connectivity index (χ4v) is 2.58. The molecule has 0 amide bonds. The molecule has 0 radical (unpaired) electrons. The Morgan fingerprint density at radius 1 is 1.26 bits per heavy atom. The largest absolute Gasteiger partial charge is 0.497 e. The van der Waals surface area contributed by atoms with Crippen LogP contribution in [0.3, 0.4) is 0 Å². The van der Waals surface area contributed by atoms with Gasteiger partial charge in [-0.15, -0.1) is 0 Å². The van der Waals surface area contributed by atoms with Crippen LogP contribution in [0.2, 0.25) is 0 Å². The molecule has 0 saturated carbocycles. The van der Waals surface area contributed by atoms with Gasteiger partial charge >= 0.3 is 0 Å². The van der Waals surface area contributed by atoms with Crippen molar-refractivity contribution in [1.29, 1.82) is 0 Å². The van der Waals surface area contributed by atoms with E-state index in [1.54, 1.807) is 13.4 Å². The highest BCUT2D eigenvalue weighted by Gasteiger charge is 2.10. The van der Waals surface area contributed by atoms with Crippen molar-refractivity contribution in [2.45, 2.75) is 9.92 Å². The summed E-state index contributed by atoms with van der Waals surface area (Å²) in [7, 11) is 1.62. The maximum absolute atomic E-state index is 5.97. The first-order chi connectivity index (χ1) is 9.28. The van der Waals surface area contributed by atoms with Crippen molar-refractivity contribution in [3.63, 3.8) is 0 Å². The third-order valence-electron chi connectivity index (χ3n) is 2.62. The minimum atomic E-state index is 0.638. The molecule has 0 bridgehead atoms. The van der Waals surface area contributed by atoms with Gasteiger partial charge in [0.15, 0.2) is 5.65 Å². The monoisotopic (exact) mass is 273 g/mol. The van der Waals surface area contributed by atoms with E-state index in [0.717, 1.165) is 21.2 Å². The third kappa shape index (κ3) is 2.19. The van der Waals surface area contributed by atoms with E-state index < -0.39 is 0 Å². The van der Waals surface area contributed by atoms with Gasteiger partial charge in [-0.05, 0) is 18.2 Å². The van der Waals surface area contributed by atoms with Crippen LogP contribution >= 0.6 is 11.8 Å². The van der Waals surface area contributed by atoms with Gasteiger partial charge < -0.3 is 15.5 Å². The molecule has 7 heteroatoms. The van der Waals surface area contributed by atoms with Crippen LogP contribution in [-0.4, -0.2) is 27.0 Å². The molecule has 0 saturated heterocycles. The number of aromatic nitrogens is 4. The van der Waals surface area contributed by atoms with Gasteiger partial charge in [0, 0.05) is 10.6 Å². The number of H-pyrrole nitrogens is 1. The van der Waals surface area contributed by atoms with Crippen LogP contribution in [0.15, 0.2) is 40.8 Å². The van der Waals surface area contributed by atoms with E-state index in [-0.39, 0.29) is 0 Å². The smallest absolute Gasteiger partial charge is 0.181 e. The van der Waals surface area contributed by atoms with Gasteiger partial charge in [0.1, 0.15) is 22.6 Å². The Balaban J connectivity index is 2.03. The molecule has 3 aromatic rings. The van der Waals surface area contributed by atoms with Crippen molar-refractivity contribution >= 4 is 28.6 Å². The number of fused-ring (bicyclic) bond motifs is 1. The molecule has 6 nitrogen and oxygen atoms in total. The second-order valence-corrected chi connectivity index (χ2v) is 4.82. The van der Waals surface area contributed by atoms with Gasteiger partial charge in [-0.2, -0.15) is 0 Å². The quantitative estimate of drug-likeness (QED) is 0.561. The highest BCUT2D eigenvalue weighted by molar-refractivity contribution is 7.99.